The molecule has 4 heteroatoms. The highest BCUT2D eigenvalue weighted by Crippen LogP contribution is 2.17. The third-order valence-corrected chi connectivity index (χ3v) is 2.45. The van der Waals surface area contributed by atoms with Crippen LogP contribution in [0.1, 0.15) is 18.9 Å². The molecule has 0 fully saturated rings. The van der Waals surface area contributed by atoms with Gasteiger partial charge in [0.2, 0.25) is 0 Å². The van der Waals surface area contributed by atoms with E-state index in [9.17, 15) is 9.50 Å². The lowest BCUT2D eigenvalue weighted by Crippen LogP contribution is -1.90. The molecule has 0 atom stereocenters. The van der Waals surface area contributed by atoms with Gasteiger partial charge in [-0.3, -0.25) is 0 Å². The van der Waals surface area contributed by atoms with Gasteiger partial charge in [-0.05, 0) is 19.1 Å². The van der Waals surface area contributed by atoms with Gasteiger partial charge in [-0.2, -0.15) is 0 Å². The Morgan fingerprint density at radius 1 is 1.53 bits per heavy atom. The van der Waals surface area contributed by atoms with E-state index in [1.54, 1.807) is 24.3 Å². The van der Waals surface area contributed by atoms with Crippen molar-refractivity contribution < 1.29 is 14.2 Å². The average molecular weight is 257 g/mol. The summed E-state index contributed by atoms with van der Waals surface area (Å²) in [7, 11) is 1.48. The number of benzene rings is 1. The maximum Gasteiger partial charge on any atom is 0.136 e. The summed E-state index contributed by atoms with van der Waals surface area (Å²) in [6.45, 7) is 1.54. The molecule has 0 bridgehead atoms. The molecular weight excluding hydrogens is 243 g/mol. The van der Waals surface area contributed by atoms with Gasteiger partial charge in [-0.1, -0.05) is 29.8 Å². The third kappa shape index (κ3) is 4.11. The van der Waals surface area contributed by atoms with Gasteiger partial charge < -0.3 is 9.84 Å². The first-order valence-electron chi connectivity index (χ1n) is 5.09. The summed E-state index contributed by atoms with van der Waals surface area (Å²) >= 11 is 5.64. The zero-order valence-electron chi connectivity index (χ0n) is 9.71. The fourth-order valence-electron chi connectivity index (χ4n) is 1.31. The second-order valence-corrected chi connectivity index (χ2v) is 3.92. The Bertz CT molecular complexity index is 449. The first-order valence-corrected chi connectivity index (χ1v) is 5.46. The quantitative estimate of drug-likeness (QED) is 0.813. The van der Waals surface area contributed by atoms with Gasteiger partial charge in [-0.25, -0.2) is 4.39 Å². The molecule has 0 aliphatic rings. The highest BCUT2D eigenvalue weighted by molar-refractivity contribution is 6.30. The van der Waals surface area contributed by atoms with Crippen LogP contribution in [0.25, 0.3) is 6.08 Å². The number of methoxy groups -OCH3 is 1. The lowest BCUT2D eigenvalue weighted by Gasteiger charge is -2.03. The van der Waals surface area contributed by atoms with E-state index in [-0.39, 0.29) is 11.6 Å². The van der Waals surface area contributed by atoms with Crippen LogP contribution in [0.2, 0.25) is 5.02 Å². The van der Waals surface area contributed by atoms with Gasteiger partial charge in [-0.15, -0.1) is 0 Å². The van der Waals surface area contributed by atoms with Crippen LogP contribution in [-0.4, -0.2) is 12.2 Å². The summed E-state index contributed by atoms with van der Waals surface area (Å²) in [4.78, 5) is 0. The predicted molar refractivity (Wildman–Crippen MR) is 67.4 cm³/mol. The van der Waals surface area contributed by atoms with E-state index in [0.29, 0.717) is 22.8 Å². The Balaban J connectivity index is 2.75. The standard InChI is InChI=1S/C13H14ClFO2/c1-9(16)13(17-2)5-3-4-10-6-7-11(14)8-12(10)15/h3-4,6-8,16H,5H2,1-2H3/b4-3+,13-9+. The molecule has 0 spiro atoms. The number of ether oxygens (including phenoxy) is 1. The molecule has 1 N–H and O–H groups in total. The third-order valence-electron chi connectivity index (χ3n) is 2.21. The van der Waals surface area contributed by atoms with Crippen molar-refractivity contribution in [1.82, 2.24) is 0 Å². The second-order valence-electron chi connectivity index (χ2n) is 3.49. The van der Waals surface area contributed by atoms with Crippen molar-refractivity contribution in [3.05, 3.63) is 52.2 Å². The van der Waals surface area contributed by atoms with E-state index in [2.05, 4.69) is 0 Å². The first-order chi connectivity index (χ1) is 8.04. The molecule has 1 aromatic rings. The van der Waals surface area contributed by atoms with Gasteiger partial charge in [0.1, 0.15) is 17.3 Å². The summed E-state index contributed by atoms with van der Waals surface area (Å²) in [5.74, 6) is 0.196. The van der Waals surface area contributed by atoms with Crippen molar-refractivity contribution in [2.45, 2.75) is 13.3 Å². The number of allylic oxidation sites excluding steroid dienone is 2. The highest BCUT2D eigenvalue weighted by atomic mass is 35.5. The smallest absolute Gasteiger partial charge is 0.136 e. The molecule has 17 heavy (non-hydrogen) atoms. The first kappa shape index (κ1) is 13.6. The SMILES string of the molecule is CO/C(C/C=C/c1ccc(Cl)cc1F)=C(\C)O. The number of halogens is 2. The fourth-order valence-corrected chi connectivity index (χ4v) is 1.47. The van der Waals surface area contributed by atoms with Crippen LogP contribution < -0.4 is 0 Å². The van der Waals surface area contributed by atoms with E-state index in [4.69, 9.17) is 16.3 Å². The molecule has 1 aromatic carbocycles. The predicted octanol–water partition coefficient (Wildman–Crippen LogP) is 4.32. The van der Waals surface area contributed by atoms with Crippen molar-refractivity contribution in [3.63, 3.8) is 0 Å². The van der Waals surface area contributed by atoms with Crippen molar-refractivity contribution in [2.75, 3.05) is 7.11 Å². The zero-order chi connectivity index (χ0) is 12.8. The van der Waals surface area contributed by atoms with E-state index < -0.39 is 0 Å². The van der Waals surface area contributed by atoms with E-state index >= 15 is 0 Å². The molecule has 0 aliphatic heterocycles. The number of hydrogen-bond acceptors (Lipinski definition) is 2. The molecule has 2 nitrogen and oxygen atoms in total. The Labute approximate surface area is 105 Å². The number of aliphatic hydroxyl groups excluding tert-OH is 1. The van der Waals surface area contributed by atoms with Crippen LogP contribution in [-0.2, 0) is 4.74 Å². The molecule has 1 rings (SSSR count). The number of rotatable bonds is 4. The Morgan fingerprint density at radius 3 is 2.76 bits per heavy atom. The van der Waals surface area contributed by atoms with Crippen LogP contribution in [0, 0.1) is 5.82 Å². The average Bonchev–Trinajstić information content (AvgIpc) is 2.26. The zero-order valence-corrected chi connectivity index (χ0v) is 10.5. The summed E-state index contributed by atoms with van der Waals surface area (Å²) < 4.78 is 18.3. The molecule has 0 amide bonds. The molecule has 0 saturated heterocycles. The van der Waals surface area contributed by atoms with Crippen LogP contribution >= 0.6 is 11.6 Å². The normalized spacial score (nSPS) is 12.7. The summed E-state index contributed by atoms with van der Waals surface area (Å²) in [6, 6.07) is 4.47. The van der Waals surface area contributed by atoms with Gasteiger partial charge >= 0.3 is 0 Å². The van der Waals surface area contributed by atoms with E-state index in [1.807, 2.05) is 0 Å². The van der Waals surface area contributed by atoms with E-state index in [0.717, 1.165) is 0 Å². The van der Waals surface area contributed by atoms with E-state index in [1.165, 1.54) is 20.1 Å². The highest BCUT2D eigenvalue weighted by Gasteiger charge is 2.01. The van der Waals surface area contributed by atoms with Crippen molar-refractivity contribution >= 4 is 17.7 Å². The Hall–Kier alpha value is -1.48. The summed E-state index contributed by atoms with van der Waals surface area (Å²) in [5, 5.41) is 9.59. The van der Waals surface area contributed by atoms with Crippen LogP contribution in [0.15, 0.2) is 35.8 Å². The molecule has 0 unspecified atom stereocenters. The van der Waals surface area contributed by atoms with Crippen molar-refractivity contribution in [1.29, 1.82) is 0 Å². The number of hydrogen-bond donors (Lipinski definition) is 1. The maximum absolute atomic E-state index is 13.4. The van der Waals surface area contributed by atoms with Gasteiger partial charge in [0.15, 0.2) is 0 Å². The molecule has 92 valence electrons. The fraction of sp³-hybridized carbons (Fsp3) is 0.231. The lowest BCUT2D eigenvalue weighted by molar-refractivity contribution is 0.249. The molecule has 0 aliphatic carbocycles. The minimum absolute atomic E-state index is 0.119. The topological polar surface area (TPSA) is 29.5 Å². The summed E-state index contributed by atoms with van der Waals surface area (Å²) in [6.07, 6.45) is 3.74. The van der Waals surface area contributed by atoms with Gasteiger partial charge in [0.25, 0.3) is 0 Å². The van der Waals surface area contributed by atoms with Gasteiger partial charge in [0.05, 0.1) is 7.11 Å². The molecule has 0 saturated carbocycles. The monoisotopic (exact) mass is 256 g/mol. The molecular formula is C13H14ClFO2. The Morgan fingerprint density at radius 2 is 2.24 bits per heavy atom. The summed E-state index contributed by atoms with van der Waals surface area (Å²) in [5.41, 5.74) is 0.445. The van der Waals surface area contributed by atoms with Gasteiger partial charge in [0, 0.05) is 17.0 Å². The second kappa shape index (κ2) is 6.30. The van der Waals surface area contributed by atoms with Crippen molar-refractivity contribution in [3.8, 4) is 0 Å². The van der Waals surface area contributed by atoms with Crippen LogP contribution in [0.5, 0.6) is 0 Å². The van der Waals surface area contributed by atoms with Crippen LogP contribution in [0.3, 0.4) is 0 Å². The minimum Gasteiger partial charge on any atom is -0.509 e. The van der Waals surface area contributed by atoms with Crippen LogP contribution in [0.4, 0.5) is 4.39 Å². The molecule has 0 heterocycles. The van der Waals surface area contributed by atoms with Crippen molar-refractivity contribution in [2.24, 2.45) is 0 Å². The lowest BCUT2D eigenvalue weighted by atomic mass is 10.2. The minimum atomic E-state index is -0.377. The Kier molecular flexibility index (Phi) is 5.04. The number of aliphatic hydroxyl groups is 1. The molecule has 0 aromatic heterocycles. The largest absolute Gasteiger partial charge is 0.509 e. The molecule has 0 radical (unpaired) electrons. The maximum atomic E-state index is 13.4.